The minimum Gasteiger partial charge on any atom is -0.496 e. The maximum atomic E-state index is 5.35. The highest BCUT2D eigenvalue weighted by molar-refractivity contribution is 6.07. The van der Waals surface area contributed by atoms with E-state index in [0.717, 1.165) is 41.2 Å². The Bertz CT molecular complexity index is 519. The lowest BCUT2D eigenvalue weighted by Crippen LogP contribution is -2.22. The summed E-state index contributed by atoms with van der Waals surface area (Å²) < 4.78 is 10.7. The van der Waals surface area contributed by atoms with Crippen LogP contribution in [0.4, 0.5) is 0 Å². The van der Waals surface area contributed by atoms with Crippen LogP contribution >= 0.6 is 0 Å². The molecular weight excluding hydrogens is 232 g/mol. The van der Waals surface area contributed by atoms with Crippen LogP contribution in [0.15, 0.2) is 22.3 Å². The molecule has 0 aromatic heterocycles. The van der Waals surface area contributed by atoms with Gasteiger partial charge in [0.1, 0.15) is 11.5 Å². The van der Waals surface area contributed by atoms with E-state index in [2.05, 4.69) is 10.2 Å². The van der Waals surface area contributed by atoms with E-state index in [1.807, 2.05) is 12.1 Å². The zero-order chi connectivity index (χ0) is 13.1. The average Bonchev–Trinajstić information content (AvgIpc) is 2.79. The van der Waals surface area contributed by atoms with E-state index in [-0.39, 0.29) is 5.96 Å². The van der Waals surface area contributed by atoms with Crippen molar-refractivity contribution in [1.82, 2.24) is 0 Å². The molecule has 0 saturated carbocycles. The van der Waals surface area contributed by atoms with Gasteiger partial charge < -0.3 is 20.9 Å². The van der Waals surface area contributed by atoms with Gasteiger partial charge in [-0.05, 0) is 25.0 Å². The summed E-state index contributed by atoms with van der Waals surface area (Å²) in [5.41, 5.74) is 13.4. The summed E-state index contributed by atoms with van der Waals surface area (Å²) in [6, 6.07) is 3.75. The maximum absolute atomic E-state index is 5.35. The molecule has 0 heterocycles. The number of ether oxygens (including phenoxy) is 2. The maximum Gasteiger partial charge on any atom is 0.211 e. The van der Waals surface area contributed by atoms with Crippen molar-refractivity contribution in [2.24, 2.45) is 21.7 Å². The minimum absolute atomic E-state index is 0.0576. The van der Waals surface area contributed by atoms with Crippen LogP contribution in [-0.4, -0.2) is 25.9 Å². The molecule has 0 aliphatic heterocycles. The third-order valence-corrected chi connectivity index (χ3v) is 2.86. The summed E-state index contributed by atoms with van der Waals surface area (Å²) in [6.07, 6.45) is 1.61. The lowest BCUT2D eigenvalue weighted by atomic mass is 10.1. The van der Waals surface area contributed by atoms with Gasteiger partial charge in [-0.25, -0.2) is 0 Å². The Kier molecular flexibility index (Phi) is 3.36. The van der Waals surface area contributed by atoms with E-state index in [0.29, 0.717) is 0 Å². The molecule has 6 nitrogen and oxygen atoms in total. The van der Waals surface area contributed by atoms with Crippen LogP contribution in [0, 0.1) is 0 Å². The molecular formula is C12H16N4O2. The van der Waals surface area contributed by atoms with Gasteiger partial charge in [-0.15, -0.1) is 5.10 Å². The largest absolute Gasteiger partial charge is 0.496 e. The van der Waals surface area contributed by atoms with Gasteiger partial charge in [-0.3, -0.25) is 0 Å². The van der Waals surface area contributed by atoms with Gasteiger partial charge in [0, 0.05) is 11.1 Å². The van der Waals surface area contributed by atoms with Crippen molar-refractivity contribution >= 4 is 11.7 Å². The first kappa shape index (κ1) is 12.2. The van der Waals surface area contributed by atoms with Crippen molar-refractivity contribution in [3.63, 3.8) is 0 Å². The molecule has 1 aromatic rings. The highest BCUT2D eigenvalue weighted by Crippen LogP contribution is 2.37. The topological polar surface area (TPSA) is 95.2 Å². The summed E-state index contributed by atoms with van der Waals surface area (Å²) in [4.78, 5) is 0. The summed E-state index contributed by atoms with van der Waals surface area (Å²) in [7, 11) is 3.27. The van der Waals surface area contributed by atoms with Crippen LogP contribution in [0.5, 0.6) is 11.5 Å². The molecule has 4 N–H and O–H groups in total. The van der Waals surface area contributed by atoms with E-state index in [9.17, 15) is 0 Å². The van der Waals surface area contributed by atoms with Crippen LogP contribution in [-0.2, 0) is 6.42 Å². The molecule has 0 bridgehead atoms. The number of methoxy groups -OCH3 is 2. The van der Waals surface area contributed by atoms with Crippen LogP contribution in [0.2, 0.25) is 0 Å². The zero-order valence-corrected chi connectivity index (χ0v) is 10.4. The standard InChI is InChI=1S/C12H16N4O2/c1-17-9-5-6-10(18-2)11-7(9)3-4-8(11)15-16-12(13)14/h5-6H,3-4H2,1-2H3,(H4,13,14,16). The molecule has 0 saturated heterocycles. The molecule has 2 rings (SSSR count). The summed E-state index contributed by atoms with van der Waals surface area (Å²) in [5.74, 6) is 1.53. The Morgan fingerprint density at radius 1 is 1.11 bits per heavy atom. The van der Waals surface area contributed by atoms with E-state index >= 15 is 0 Å². The number of nitrogens with zero attached hydrogens (tertiary/aromatic N) is 2. The van der Waals surface area contributed by atoms with E-state index in [1.165, 1.54) is 0 Å². The smallest absolute Gasteiger partial charge is 0.211 e. The molecule has 0 fully saturated rings. The Balaban J connectivity index is 2.53. The second kappa shape index (κ2) is 4.95. The minimum atomic E-state index is -0.0576. The fraction of sp³-hybridized carbons (Fsp3) is 0.333. The lowest BCUT2D eigenvalue weighted by molar-refractivity contribution is 0.399. The summed E-state index contributed by atoms with van der Waals surface area (Å²) in [6.45, 7) is 0. The second-order valence-corrected chi connectivity index (χ2v) is 3.90. The molecule has 0 unspecified atom stereocenters. The van der Waals surface area contributed by atoms with Crippen LogP contribution in [0.1, 0.15) is 17.5 Å². The molecule has 0 atom stereocenters. The van der Waals surface area contributed by atoms with Gasteiger partial charge in [0.2, 0.25) is 5.96 Å². The molecule has 0 amide bonds. The van der Waals surface area contributed by atoms with Crippen LogP contribution in [0.25, 0.3) is 0 Å². The SMILES string of the molecule is COc1ccc(OC)c2c1CCC2=NN=C(N)N. The summed E-state index contributed by atoms with van der Waals surface area (Å²) >= 11 is 0. The number of hydrogen-bond acceptors (Lipinski definition) is 4. The fourth-order valence-corrected chi connectivity index (χ4v) is 2.12. The predicted octanol–water partition coefficient (Wildman–Crippen LogP) is 0.628. The van der Waals surface area contributed by atoms with E-state index in [4.69, 9.17) is 20.9 Å². The molecule has 0 radical (unpaired) electrons. The number of nitrogens with two attached hydrogens (primary N) is 2. The van der Waals surface area contributed by atoms with Crippen molar-refractivity contribution in [2.45, 2.75) is 12.8 Å². The summed E-state index contributed by atoms with van der Waals surface area (Å²) in [5, 5.41) is 7.77. The van der Waals surface area contributed by atoms with Crippen molar-refractivity contribution in [2.75, 3.05) is 14.2 Å². The third kappa shape index (κ3) is 2.09. The van der Waals surface area contributed by atoms with Gasteiger partial charge in [-0.2, -0.15) is 5.10 Å². The lowest BCUT2D eigenvalue weighted by Gasteiger charge is -2.10. The van der Waals surface area contributed by atoms with Crippen molar-refractivity contribution in [3.8, 4) is 11.5 Å². The highest BCUT2D eigenvalue weighted by Gasteiger charge is 2.25. The second-order valence-electron chi connectivity index (χ2n) is 3.90. The average molecular weight is 248 g/mol. The van der Waals surface area contributed by atoms with Crippen LogP contribution in [0.3, 0.4) is 0 Å². The first-order valence-corrected chi connectivity index (χ1v) is 5.57. The molecule has 18 heavy (non-hydrogen) atoms. The molecule has 0 spiro atoms. The zero-order valence-electron chi connectivity index (χ0n) is 10.4. The Morgan fingerprint density at radius 3 is 2.39 bits per heavy atom. The van der Waals surface area contributed by atoms with Gasteiger partial charge in [-0.1, -0.05) is 0 Å². The normalized spacial score (nSPS) is 15.3. The highest BCUT2D eigenvalue weighted by atomic mass is 16.5. The van der Waals surface area contributed by atoms with Gasteiger partial charge in [0.25, 0.3) is 0 Å². The van der Waals surface area contributed by atoms with E-state index in [1.54, 1.807) is 14.2 Å². The van der Waals surface area contributed by atoms with Gasteiger partial charge in [0.05, 0.1) is 19.9 Å². The van der Waals surface area contributed by atoms with Crippen molar-refractivity contribution in [1.29, 1.82) is 0 Å². The number of benzene rings is 1. The first-order valence-electron chi connectivity index (χ1n) is 5.57. The molecule has 1 aliphatic carbocycles. The van der Waals surface area contributed by atoms with Gasteiger partial charge in [0.15, 0.2) is 0 Å². The van der Waals surface area contributed by atoms with Crippen molar-refractivity contribution in [3.05, 3.63) is 23.3 Å². The third-order valence-electron chi connectivity index (χ3n) is 2.86. The van der Waals surface area contributed by atoms with Crippen molar-refractivity contribution < 1.29 is 9.47 Å². The Hall–Kier alpha value is -2.24. The van der Waals surface area contributed by atoms with E-state index < -0.39 is 0 Å². The number of hydrogen-bond donors (Lipinski definition) is 2. The first-order chi connectivity index (χ1) is 8.67. The molecule has 1 aromatic carbocycles. The number of fused-ring (bicyclic) bond motifs is 1. The Labute approximate surface area is 105 Å². The number of guanidine groups is 1. The van der Waals surface area contributed by atoms with Gasteiger partial charge >= 0.3 is 0 Å². The monoisotopic (exact) mass is 248 g/mol. The number of rotatable bonds is 3. The predicted molar refractivity (Wildman–Crippen MR) is 70.2 cm³/mol. The quantitative estimate of drug-likeness (QED) is 0.466. The fourth-order valence-electron chi connectivity index (χ4n) is 2.12. The van der Waals surface area contributed by atoms with Crippen LogP contribution < -0.4 is 20.9 Å². The Morgan fingerprint density at radius 2 is 1.78 bits per heavy atom. The molecule has 6 heteroatoms. The molecule has 1 aliphatic rings. The molecule has 96 valence electrons.